The summed E-state index contributed by atoms with van der Waals surface area (Å²) in [6.45, 7) is 7.86. The van der Waals surface area contributed by atoms with Gasteiger partial charge in [-0.15, -0.1) is 12.4 Å². The molecule has 5 nitrogen and oxygen atoms in total. The van der Waals surface area contributed by atoms with Crippen molar-refractivity contribution in [2.24, 2.45) is 11.7 Å². The minimum atomic E-state index is -0.520. The molecule has 1 rings (SSSR count). The largest absolute Gasteiger partial charge is 0.350 e. The Morgan fingerprint density at radius 2 is 1.64 bits per heavy atom. The molecule has 4 N–H and O–H groups in total. The molecule has 1 aromatic rings. The Balaban J connectivity index is 0.00000441. The van der Waals surface area contributed by atoms with Crippen molar-refractivity contribution in [3.63, 3.8) is 0 Å². The highest BCUT2D eigenvalue weighted by molar-refractivity contribution is 5.97. The molecule has 2 amide bonds. The summed E-state index contributed by atoms with van der Waals surface area (Å²) in [6, 6.07) is 6.34. The average molecular weight is 328 g/mol. The first-order chi connectivity index (χ1) is 9.79. The fraction of sp³-hybridized carbons (Fsp3) is 0.500. The van der Waals surface area contributed by atoms with Crippen LogP contribution in [-0.4, -0.2) is 23.9 Å². The summed E-state index contributed by atoms with van der Waals surface area (Å²) in [5.74, 6) is 0.0373. The Hall–Kier alpha value is -1.59. The molecule has 0 unspecified atom stereocenters. The van der Waals surface area contributed by atoms with Crippen LogP contribution in [0.1, 0.15) is 44.5 Å². The van der Waals surface area contributed by atoms with Crippen LogP contribution in [0.15, 0.2) is 24.3 Å². The number of carbonyl (C=O) groups excluding carboxylic acids is 2. The van der Waals surface area contributed by atoms with Crippen molar-refractivity contribution in [1.82, 2.24) is 5.32 Å². The minimum absolute atomic E-state index is 0. The van der Waals surface area contributed by atoms with Crippen LogP contribution in [0.2, 0.25) is 0 Å². The van der Waals surface area contributed by atoms with Crippen LogP contribution in [0.25, 0.3) is 0 Å². The van der Waals surface area contributed by atoms with Gasteiger partial charge in [0.2, 0.25) is 5.91 Å². The first kappa shape index (κ1) is 20.4. The van der Waals surface area contributed by atoms with E-state index in [0.717, 1.165) is 0 Å². The summed E-state index contributed by atoms with van der Waals surface area (Å²) in [7, 11) is 0. The number of halogens is 1. The molecule has 0 spiro atoms. The van der Waals surface area contributed by atoms with E-state index in [1.807, 2.05) is 27.7 Å². The van der Waals surface area contributed by atoms with Crippen molar-refractivity contribution in [3.05, 3.63) is 29.8 Å². The Kier molecular flexibility index (Phi) is 8.75. The molecule has 22 heavy (non-hydrogen) atoms. The Labute approximate surface area is 138 Å². The normalized spacial score (nSPS) is 11.8. The molecule has 0 radical (unpaired) electrons. The fourth-order valence-corrected chi connectivity index (χ4v) is 1.90. The van der Waals surface area contributed by atoms with E-state index >= 15 is 0 Å². The highest BCUT2D eigenvalue weighted by atomic mass is 35.5. The van der Waals surface area contributed by atoms with Crippen LogP contribution >= 0.6 is 12.4 Å². The van der Waals surface area contributed by atoms with E-state index in [1.54, 1.807) is 24.3 Å². The van der Waals surface area contributed by atoms with Gasteiger partial charge in [0.25, 0.3) is 5.91 Å². The van der Waals surface area contributed by atoms with Gasteiger partial charge in [-0.25, -0.2) is 0 Å². The summed E-state index contributed by atoms with van der Waals surface area (Å²) >= 11 is 0. The van der Waals surface area contributed by atoms with E-state index in [2.05, 4.69) is 10.6 Å². The van der Waals surface area contributed by atoms with Crippen LogP contribution in [0.4, 0.5) is 5.69 Å². The predicted octanol–water partition coefficient (Wildman–Crippen LogP) is 2.56. The van der Waals surface area contributed by atoms with E-state index in [9.17, 15) is 9.59 Å². The molecular formula is C16H26ClN3O2. The number of anilines is 1. The molecule has 0 heterocycles. The third-order valence-electron chi connectivity index (χ3n) is 2.90. The quantitative estimate of drug-likeness (QED) is 0.750. The summed E-state index contributed by atoms with van der Waals surface area (Å²) in [5, 5.41) is 5.57. The lowest BCUT2D eigenvalue weighted by atomic mass is 10.0. The topological polar surface area (TPSA) is 84.2 Å². The van der Waals surface area contributed by atoms with Gasteiger partial charge >= 0.3 is 0 Å². The van der Waals surface area contributed by atoms with Gasteiger partial charge < -0.3 is 16.4 Å². The van der Waals surface area contributed by atoms with E-state index in [4.69, 9.17) is 5.73 Å². The Morgan fingerprint density at radius 1 is 1.09 bits per heavy atom. The van der Waals surface area contributed by atoms with Gasteiger partial charge in [0, 0.05) is 17.3 Å². The Bertz CT molecular complexity index is 487. The van der Waals surface area contributed by atoms with Crippen LogP contribution in [0, 0.1) is 5.92 Å². The van der Waals surface area contributed by atoms with E-state index in [0.29, 0.717) is 23.6 Å². The van der Waals surface area contributed by atoms with E-state index in [-0.39, 0.29) is 30.3 Å². The van der Waals surface area contributed by atoms with Crippen molar-refractivity contribution in [2.45, 2.75) is 46.2 Å². The van der Waals surface area contributed by atoms with Gasteiger partial charge in [0.05, 0.1) is 6.04 Å². The SMILES string of the molecule is CC(C)C[C@H](N)C(=O)Nc1ccc(C(=O)NC(C)C)cc1.Cl. The van der Waals surface area contributed by atoms with Crippen molar-refractivity contribution >= 4 is 29.9 Å². The van der Waals surface area contributed by atoms with Crippen molar-refractivity contribution < 1.29 is 9.59 Å². The minimum Gasteiger partial charge on any atom is -0.350 e. The third-order valence-corrected chi connectivity index (χ3v) is 2.90. The maximum atomic E-state index is 11.9. The van der Waals surface area contributed by atoms with Crippen LogP contribution in [0.5, 0.6) is 0 Å². The second-order valence-electron chi connectivity index (χ2n) is 5.93. The number of carbonyl (C=O) groups is 2. The zero-order valence-corrected chi connectivity index (χ0v) is 14.4. The number of nitrogens with one attached hydrogen (secondary N) is 2. The number of amides is 2. The maximum Gasteiger partial charge on any atom is 0.251 e. The zero-order chi connectivity index (χ0) is 16.0. The van der Waals surface area contributed by atoms with Gasteiger partial charge in [-0.1, -0.05) is 13.8 Å². The third kappa shape index (κ3) is 6.91. The second kappa shape index (κ2) is 9.43. The van der Waals surface area contributed by atoms with Crippen molar-refractivity contribution in [3.8, 4) is 0 Å². The van der Waals surface area contributed by atoms with Gasteiger partial charge in [-0.2, -0.15) is 0 Å². The highest BCUT2D eigenvalue weighted by Gasteiger charge is 2.15. The molecule has 0 aliphatic heterocycles. The molecule has 0 saturated heterocycles. The average Bonchev–Trinajstić information content (AvgIpc) is 2.37. The highest BCUT2D eigenvalue weighted by Crippen LogP contribution is 2.11. The molecule has 0 aliphatic rings. The first-order valence-electron chi connectivity index (χ1n) is 7.27. The van der Waals surface area contributed by atoms with E-state index in [1.165, 1.54) is 0 Å². The molecule has 0 aromatic heterocycles. The summed E-state index contributed by atoms with van der Waals surface area (Å²) in [4.78, 5) is 23.7. The molecule has 124 valence electrons. The van der Waals surface area contributed by atoms with Gasteiger partial charge in [-0.05, 0) is 50.5 Å². The van der Waals surface area contributed by atoms with Crippen LogP contribution in [-0.2, 0) is 4.79 Å². The summed E-state index contributed by atoms with van der Waals surface area (Å²) in [5.41, 5.74) is 7.03. The number of hydrogen-bond acceptors (Lipinski definition) is 3. The monoisotopic (exact) mass is 327 g/mol. The van der Waals surface area contributed by atoms with Crippen LogP contribution < -0.4 is 16.4 Å². The second-order valence-corrected chi connectivity index (χ2v) is 5.93. The molecular weight excluding hydrogens is 302 g/mol. The molecule has 0 aliphatic carbocycles. The van der Waals surface area contributed by atoms with E-state index < -0.39 is 6.04 Å². The first-order valence-corrected chi connectivity index (χ1v) is 7.27. The van der Waals surface area contributed by atoms with Crippen molar-refractivity contribution in [1.29, 1.82) is 0 Å². The standard InChI is InChI=1S/C16H25N3O2.ClH/c1-10(2)9-14(17)16(21)19-13-7-5-12(6-8-13)15(20)18-11(3)4;/h5-8,10-11,14H,9,17H2,1-4H3,(H,18,20)(H,19,21);1H/t14-;/m0./s1. The number of hydrogen-bond donors (Lipinski definition) is 3. The number of rotatable bonds is 6. The lowest BCUT2D eigenvalue weighted by Gasteiger charge is -2.14. The number of nitrogens with two attached hydrogens (primary N) is 1. The van der Waals surface area contributed by atoms with Crippen molar-refractivity contribution in [2.75, 3.05) is 5.32 Å². The fourth-order valence-electron chi connectivity index (χ4n) is 1.90. The van der Waals surface area contributed by atoms with Gasteiger partial charge in [0.15, 0.2) is 0 Å². The Morgan fingerprint density at radius 3 is 2.09 bits per heavy atom. The molecule has 1 atom stereocenters. The molecule has 6 heteroatoms. The molecule has 0 saturated carbocycles. The summed E-state index contributed by atoms with van der Waals surface area (Å²) in [6.07, 6.45) is 0.640. The van der Waals surface area contributed by atoms with Gasteiger partial charge in [0.1, 0.15) is 0 Å². The zero-order valence-electron chi connectivity index (χ0n) is 13.6. The molecule has 0 fully saturated rings. The smallest absolute Gasteiger partial charge is 0.251 e. The predicted molar refractivity (Wildman–Crippen MR) is 92.4 cm³/mol. The molecule has 1 aromatic carbocycles. The lowest BCUT2D eigenvalue weighted by molar-refractivity contribution is -0.117. The summed E-state index contributed by atoms with van der Waals surface area (Å²) < 4.78 is 0. The maximum absolute atomic E-state index is 11.9. The lowest BCUT2D eigenvalue weighted by Crippen LogP contribution is -2.36. The van der Waals surface area contributed by atoms with Crippen LogP contribution in [0.3, 0.4) is 0 Å². The molecule has 0 bridgehead atoms. The number of benzene rings is 1. The van der Waals surface area contributed by atoms with Gasteiger partial charge in [-0.3, -0.25) is 9.59 Å².